The third-order valence-electron chi connectivity index (χ3n) is 4.92. The normalized spacial score (nSPS) is 15.1. The van der Waals surface area contributed by atoms with Crippen molar-refractivity contribution in [3.8, 4) is 11.3 Å². The highest BCUT2D eigenvalue weighted by molar-refractivity contribution is 5.72. The lowest BCUT2D eigenvalue weighted by molar-refractivity contribution is 0.249. The lowest BCUT2D eigenvalue weighted by Gasteiger charge is -2.35. The molecule has 0 unspecified atom stereocenters. The molecule has 4 rings (SSSR count). The summed E-state index contributed by atoms with van der Waals surface area (Å²) in [5, 5.41) is 4.34. The average Bonchev–Trinajstić information content (AvgIpc) is 3.16. The molecule has 0 radical (unpaired) electrons. The molecule has 146 valence electrons. The van der Waals surface area contributed by atoms with Crippen molar-refractivity contribution in [3.05, 3.63) is 60.4 Å². The summed E-state index contributed by atoms with van der Waals surface area (Å²) in [6.45, 7) is 5.81. The van der Waals surface area contributed by atoms with Gasteiger partial charge in [0.15, 0.2) is 5.82 Å². The molecule has 7 nitrogen and oxygen atoms in total. The van der Waals surface area contributed by atoms with Gasteiger partial charge in [-0.1, -0.05) is 0 Å². The van der Waals surface area contributed by atoms with Crippen LogP contribution >= 0.6 is 0 Å². The molecule has 1 saturated heterocycles. The molecule has 8 heteroatoms. The quantitative estimate of drug-likeness (QED) is 0.701. The van der Waals surface area contributed by atoms with Crippen LogP contribution in [0.4, 0.5) is 10.2 Å². The minimum atomic E-state index is -0.252. The molecule has 2 aromatic heterocycles. The van der Waals surface area contributed by atoms with Crippen LogP contribution in [-0.2, 0) is 13.1 Å². The number of hydrogen-bond donors (Lipinski definition) is 1. The second-order valence-corrected chi connectivity index (χ2v) is 6.90. The van der Waals surface area contributed by atoms with Crippen LogP contribution in [0, 0.1) is 5.82 Å². The van der Waals surface area contributed by atoms with Crippen LogP contribution < -0.4 is 10.6 Å². The van der Waals surface area contributed by atoms with Gasteiger partial charge >= 0.3 is 0 Å². The van der Waals surface area contributed by atoms with Crippen LogP contribution in [0.1, 0.15) is 5.56 Å². The third kappa shape index (κ3) is 4.18. The Morgan fingerprint density at radius 3 is 2.50 bits per heavy atom. The van der Waals surface area contributed by atoms with Crippen LogP contribution in [0.25, 0.3) is 11.3 Å². The first-order valence-electron chi connectivity index (χ1n) is 9.48. The molecule has 0 saturated carbocycles. The van der Waals surface area contributed by atoms with Crippen LogP contribution in [0.5, 0.6) is 0 Å². The smallest absolute Gasteiger partial charge is 0.155 e. The van der Waals surface area contributed by atoms with Crippen molar-refractivity contribution in [3.63, 3.8) is 0 Å². The number of nitrogens with two attached hydrogens (primary N) is 1. The standard InChI is InChI=1S/C20H24FN7/c21-18-3-1-17(2-4-18)19-20(24-7-6-23-19)27-11-9-26(10-12-27)14-16-13-25-28(15-16)8-5-22/h1-4,6-7,13,15H,5,8-12,14,22H2. The summed E-state index contributed by atoms with van der Waals surface area (Å²) in [5.41, 5.74) is 8.45. The highest BCUT2D eigenvalue weighted by atomic mass is 19.1. The molecule has 0 spiro atoms. The zero-order valence-electron chi connectivity index (χ0n) is 15.7. The van der Waals surface area contributed by atoms with Crippen LogP contribution in [0.15, 0.2) is 49.1 Å². The fraction of sp³-hybridized carbons (Fsp3) is 0.350. The third-order valence-corrected chi connectivity index (χ3v) is 4.92. The summed E-state index contributed by atoms with van der Waals surface area (Å²) in [5.74, 6) is 0.599. The van der Waals surface area contributed by atoms with Crippen molar-refractivity contribution in [2.45, 2.75) is 13.1 Å². The summed E-state index contributed by atoms with van der Waals surface area (Å²) in [7, 11) is 0. The summed E-state index contributed by atoms with van der Waals surface area (Å²) in [6.07, 6.45) is 7.36. The van der Waals surface area contributed by atoms with E-state index < -0.39 is 0 Å². The van der Waals surface area contributed by atoms with E-state index in [1.165, 1.54) is 17.7 Å². The van der Waals surface area contributed by atoms with Gasteiger partial charge in [0, 0.05) is 69.0 Å². The van der Waals surface area contributed by atoms with E-state index in [0.29, 0.717) is 6.54 Å². The topological polar surface area (TPSA) is 76.1 Å². The van der Waals surface area contributed by atoms with Gasteiger partial charge in [-0.25, -0.2) is 9.37 Å². The highest BCUT2D eigenvalue weighted by Crippen LogP contribution is 2.27. The van der Waals surface area contributed by atoms with E-state index in [9.17, 15) is 4.39 Å². The van der Waals surface area contributed by atoms with Crippen molar-refractivity contribution in [2.75, 3.05) is 37.6 Å². The summed E-state index contributed by atoms with van der Waals surface area (Å²) >= 11 is 0. The van der Waals surface area contributed by atoms with E-state index in [1.54, 1.807) is 24.5 Å². The molecule has 0 aliphatic carbocycles. The molecule has 3 heterocycles. The zero-order chi connectivity index (χ0) is 19.3. The van der Waals surface area contributed by atoms with Crippen molar-refractivity contribution in [2.24, 2.45) is 5.73 Å². The van der Waals surface area contributed by atoms with Gasteiger partial charge in [-0.05, 0) is 24.3 Å². The van der Waals surface area contributed by atoms with Gasteiger partial charge in [-0.2, -0.15) is 5.10 Å². The summed E-state index contributed by atoms with van der Waals surface area (Å²) in [6, 6.07) is 6.41. The first-order chi connectivity index (χ1) is 13.7. The van der Waals surface area contributed by atoms with Crippen molar-refractivity contribution < 1.29 is 4.39 Å². The maximum absolute atomic E-state index is 13.3. The second kappa shape index (κ2) is 8.45. The summed E-state index contributed by atoms with van der Waals surface area (Å²) < 4.78 is 15.1. The van der Waals surface area contributed by atoms with Gasteiger partial charge in [-0.15, -0.1) is 0 Å². The Balaban J connectivity index is 1.42. The predicted octanol–water partition coefficient (Wildman–Crippen LogP) is 1.76. The molecule has 3 aromatic rings. The number of rotatable bonds is 6. The van der Waals surface area contributed by atoms with Gasteiger partial charge in [0.05, 0.1) is 12.7 Å². The zero-order valence-corrected chi connectivity index (χ0v) is 15.7. The van der Waals surface area contributed by atoms with Gasteiger partial charge in [0.1, 0.15) is 11.5 Å². The fourth-order valence-corrected chi connectivity index (χ4v) is 3.49. The molecule has 1 aromatic carbocycles. The number of benzene rings is 1. The molecule has 0 amide bonds. The lowest BCUT2D eigenvalue weighted by atomic mass is 10.1. The maximum Gasteiger partial charge on any atom is 0.155 e. The minimum Gasteiger partial charge on any atom is -0.352 e. The van der Waals surface area contributed by atoms with E-state index in [0.717, 1.165) is 56.3 Å². The number of aromatic nitrogens is 4. The SMILES string of the molecule is NCCn1cc(CN2CCN(c3nccnc3-c3ccc(F)cc3)CC2)cn1. The Kier molecular flexibility index (Phi) is 5.59. The molecule has 1 fully saturated rings. The molecule has 2 N–H and O–H groups in total. The fourth-order valence-electron chi connectivity index (χ4n) is 3.49. The number of anilines is 1. The van der Waals surface area contributed by atoms with E-state index in [1.807, 2.05) is 10.9 Å². The molecule has 0 atom stereocenters. The van der Waals surface area contributed by atoms with Gasteiger partial charge in [-0.3, -0.25) is 14.6 Å². The van der Waals surface area contributed by atoms with Gasteiger partial charge < -0.3 is 10.6 Å². The molecule has 1 aliphatic heterocycles. The molecule has 28 heavy (non-hydrogen) atoms. The number of nitrogens with zero attached hydrogens (tertiary/aromatic N) is 6. The van der Waals surface area contributed by atoms with Gasteiger partial charge in [0.2, 0.25) is 0 Å². The number of halogens is 1. The van der Waals surface area contributed by atoms with Crippen LogP contribution in [-0.4, -0.2) is 57.4 Å². The molecule has 0 bridgehead atoms. The van der Waals surface area contributed by atoms with E-state index in [2.05, 4.69) is 31.1 Å². The second-order valence-electron chi connectivity index (χ2n) is 6.90. The van der Waals surface area contributed by atoms with E-state index in [4.69, 9.17) is 5.73 Å². The average molecular weight is 381 g/mol. The Labute approximate surface area is 163 Å². The van der Waals surface area contributed by atoms with E-state index in [-0.39, 0.29) is 5.82 Å². The molecular formula is C20H24FN7. The van der Waals surface area contributed by atoms with Gasteiger partial charge in [0.25, 0.3) is 0 Å². The molecular weight excluding hydrogens is 357 g/mol. The Morgan fingerprint density at radius 1 is 1.00 bits per heavy atom. The van der Waals surface area contributed by atoms with Crippen molar-refractivity contribution >= 4 is 5.82 Å². The first-order valence-corrected chi connectivity index (χ1v) is 9.48. The molecule has 1 aliphatic rings. The number of piperazine rings is 1. The lowest BCUT2D eigenvalue weighted by Crippen LogP contribution is -2.46. The van der Waals surface area contributed by atoms with Crippen LogP contribution in [0.3, 0.4) is 0 Å². The van der Waals surface area contributed by atoms with Crippen LogP contribution in [0.2, 0.25) is 0 Å². The monoisotopic (exact) mass is 381 g/mol. The maximum atomic E-state index is 13.3. The Morgan fingerprint density at radius 2 is 1.75 bits per heavy atom. The first kappa shape index (κ1) is 18.5. The Bertz CT molecular complexity index is 901. The minimum absolute atomic E-state index is 0.252. The Hall–Kier alpha value is -2.84. The largest absolute Gasteiger partial charge is 0.352 e. The summed E-state index contributed by atoms with van der Waals surface area (Å²) in [4.78, 5) is 13.7. The highest BCUT2D eigenvalue weighted by Gasteiger charge is 2.21. The number of hydrogen-bond acceptors (Lipinski definition) is 6. The van der Waals surface area contributed by atoms with Crippen molar-refractivity contribution in [1.82, 2.24) is 24.6 Å². The van der Waals surface area contributed by atoms with Crippen molar-refractivity contribution in [1.29, 1.82) is 0 Å². The van der Waals surface area contributed by atoms with E-state index >= 15 is 0 Å². The predicted molar refractivity (Wildman–Crippen MR) is 106 cm³/mol.